The lowest BCUT2D eigenvalue weighted by Crippen LogP contribution is -2.18. The molecule has 0 bridgehead atoms. The number of rotatable bonds is 4. The monoisotopic (exact) mass is 205 g/mol. The van der Waals surface area contributed by atoms with Crippen LogP contribution in [0.3, 0.4) is 0 Å². The smallest absolute Gasteiger partial charge is 0.119 e. The lowest BCUT2D eigenvalue weighted by molar-refractivity contribution is 0.270. The van der Waals surface area contributed by atoms with Crippen LogP contribution < -0.4 is 10.5 Å². The second-order valence-corrected chi connectivity index (χ2v) is 4.89. The van der Waals surface area contributed by atoms with Crippen molar-refractivity contribution in [3.05, 3.63) is 29.8 Å². The molecule has 1 aromatic rings. The van der Waals surface area contributed by atoms with Crippen LogP contribution in [0.1, 0.15) is 32.3 Å². The molecule has 1 aromatic carbocycles. The zero-order valence-electron chi connectivity index (χ0n) is 9.49. The van der Waals surface area contributed by atoms with Gasteiger partial charge in [0.1, 0.15) is 5.75 Å². The van der Waals surface area contributed by atoms with Crippen molar-refractivity contribution in [3.63, 3.8) is 0 Å². The Balaban J connectivity index is 2.06. The third-order valence-electron chi connectivity index (χ3n) is 2.78. The van der Waals surface area contributed by atoms with Crippen molar-refractivity contribution in [2.24, 2.45) is 11.7 Å². The molecule has 2 nitrogen and oxygen atoms in total. The lowest BCUT2D eigenvalue weighted by atomic mass is 10.1. The van der Waals surface area contributed by atoms with E-state index < -0.39 is 0 Å². The summed E-state index contributed by atoms with van der Waals surface area (Å²) < 4.78 is 5.68. The van der Waals surface area contributed by atoms with Gasteiger partial charge in [0.25, 0.3) is 0 Å². The first kappa shape index (κ1) is 10.5. The molecule has 0 amide bonds. The topological polar surface area (TPSA) is 35.2 Å². The maximum Gasteiger partial charge on any atom is 0.119 e. The normalized spacial score (nSPS) is 17.9. The van der Waals surface area contributed by atoms with Gasteiger partial charge in [-0.25, -0.2) is 0 Å². The molecule has 2 rings (SSSR count). The van der Waals surface area contributed by atoms with E-state index in [1.165, 1.54) is 5.56 Å². The van der Waals surface area contributed by atoms with Gasteiger partial charge in [0.05, 0.1) is 6.61 Å². The summed E-state index contributed by atoms with van der Waals surface area (Å²) in [5, 5.41) is 0. The summed E-state index contributed by atoms with van der Waals surface area (Å²) in [7, 11) is 0. The summed E-state index contributed by atoms with van der Waals surface area (Å²) in [6.07, 6.45) is 2.20. The van der Waals surface area contributed by atoms with Crippen molar-refractivity contribution in [2.75, 3.05) is 6.61 Å². The van der Waals surface area contributed by atoms with Crippen LogP contribution >= 0.6 is 0 Å². The first-order valence-electron chi connectivity index (χ1n) is 5.62. The molecule has 1 aliphatic rings. The Hall–Kier alpha value is -1.02. The Kier molecular flexibility index (Phi) is 2.70. The Labute approximate surface area is 91.4 Å². The van der Waals surface area contributed by atoms with E-state index in [2.05, 4.69) is 26.0 Å². The average molecular weight is 205 g/mol. The van der Waals surface area contributed by atoms with Crippen LogP contribution in [-0.4, -0.2) is 6.61 Å². The van der Waals surface area contributed by atoms with E-state index in [-0.39, 0.29) is 5.54 Å². The predicted octanol–water partition coefficient (Wildman–Crippen LogP) is 2.67. The zero-order valence-corrected chi connectivity index (χ0v) is 9.49. The van der Waals surface area contributed by atoms with Gasteiger partial charge in [-0.1, -0.05) is 26.0 Å². The van der Waals surface area contributed by atoms with Crippen molar-refractivity contribution < 1.29 is 4.74 Å². The minimum Gasteiger partial charge on any atom is -0.493 e. The second kappa shape index (κ2) is 3.86. The van der Waals surface area contributed by atoms with Crippen LogP contribution in [-0.2, 0) is 5.54 Å². The number of nitrogens with two attached hydrogens (primary N) is 1. The highest BCUT2D eigenvalue weighted by Gasteiger charge is 2.39. The standard InChI is InChI=1S/C13H19NO/c1-10(2)9-15-12-5-3-4-11(8-12)13(14)6-7-13/h3-5,8,10H,6-7,9,14H2,1-2H3. The Bertz CT molecular complexity index is 342. The molecule has 0 aromatic heterocycles. The first-order valence-corrected chi connectivity index (χ1v) is 5.62. The maximum atomic E-state index is 6.14. The van der Waals surface area contributed by atoms with E-state index in [9.17, 15) is 0 Å². The van der Waals surface area contributed by atoms with E-state index in [4.69, 9.17) is 10.5 Å². The molecule has 0 radical (unpaired) electrons. The molecule has 1 fully saturated rings. The molecular weight excluding hydrogens is 186 g/mol. The quantitative estimate of drug-likeness (QED) is 0.820. The van der Waals surface area contributed by atoms with Gasteiger partial charge in [-0.2, -0.15) is 0 Å². The Morgan fingerprint density at radius 1 is 1.40 bits per heavy atom. The summed E-state index contributed by atoms with van der Waals surface area (Å²) in [6, 6.07) is 8.19. The summed E-state index contributed by atoms with van der Waals surface area (Å²) in [4.78, 5) is 0. The molecule has 1 saturated carbocycles. The van der Waals surface area contributed by atoms with Crippen molar-refractivity contribution in [1.82, 2.24) is 0 Å². The van der Waals surface area contributed by atoms with E-state index in [0.29, 0.717) is 5.92 Å². The molecule has 1 aliphatic carbocycles. The van der Waals surface area contributed by atoms with Crippen LogP contribution in [0.15, 0.2) is 24.3 Å². The molecule has 0 atom stereocenters. The molecule has 0 unspecified atom stereocenters. The summed E-state index contributed by atoms with van der Waals surface area (Å²) in [5.74, 6) is 1.50. The van der Waals surface area contributed by atoms with Crippen LogP contribution in [0.2, 0.25) is 0 Å². The molecule has 0 spiro atoms. The van der Waals surface area contributed by atoms with Crippen LogP contribution in [0.4, 0.5) is 0 Å². The van der Waals surface area contributed by atoms with Gasteiger partial charge in [-0.3, -0.25) is 0 Å². The number of hydrogen-bond acceptors (Lipinski definition) is 2. The van der Waals surface area contributed by atoms with Gasteiger partial charge in [0.2, 0.25) is 0 Å². The van der Waals surface area contributed by atoms with Crippen LogP contribution in [0, 0.1) is 5.92 Å². The highest BCUT2D eigenvalue weighted by atomic mass is 16.5. The fraction of sp³-hybridized carbons (Fsp3) is 0.538. The van der Waals surface area contributed by atoms with Gasteiger partial charge in [0, 0.05) is 5.54 Å². The highest BCUT2D eigenvalue weighted by molar-refractivity contribution is 5.36. The first-order chi connectivity index (χ1) is 7.10. The van der Waals surface area contributed by atoms with Gasteiger partial charge in [-0.05, 0) is 36.5 Å². The molecule has 0 heterocycles. The molecule has 0 aliphatic heterocycles. The fourth-order valence-corrected chi connectivity index (χ4v) is 1.58. The van der Waals surface area contributed by atoms with Crippen LogP contribution in [0.5, 0.6) is 5.75 Å². The number of benzene rings is 1. The third-order valence-corrected chi connectivity index (χ3v) is 2.78. The Morgan fingerprint density at radius 3 is 2.73 bits per heavy atom. The van der Waals surface area contributed by atoms with Crippen molar-refractivity contribution in [3.8, 4) is 5.75 Å². The highest BCUT2D eigenvalue weighted by Crippen LogP contribution is 2.43. The van der Waals surface area contributed by atoms with Gasteiger partial charge in [0.15, 0.2) is 0 Å². The molecule has 2 heteroatoms. The molecule has 82 valence electrons. The molecule has 0 saturated heterocycles. The van der Waals surface area contributed by atoms with E-state index in [1.54, 1.807) is 0 Å². The van der Waals surface area contributed by atoms with E-state index in [1.807, 2.05) is 12.1 Å². The maximum absolute atomic E-state index is 6.14. The van der Waals surface area contributed by atoms with Crippen molar-refractivity contribution in [2.45, 2.75) is 32.2 Å². The largest absolute Gasteiger partial charge is 0.493 e. The van der Waals surface area contributed by atoms with Gasteiger partial charge < -0.3 is 10.5 Å². The van der Waals surface area contributed by atoms with Gasteiger partial charge >= 0.3 is 0 Å². The van der Waals surface area contributed by atoms with Crippen molar-refractivity contribution >= 4 is 0 Å². The summed E-state index contributed by atoms with van der Waals surface area (Å²) in [6.45, 7) is 5.06. The van der Waals surface area contributed by atoms with Crippen LogP contribution in [0.25, 0.3) is 0 Å². The third kappa shape index (κ3) is 2.51. The molecular formula is C13H19NO. The van der Waals surface area contributed by atoms with Crippen molar-refractivity contribution in [1.29, 1.82) is 0 Å². The summed E-state index contributed by atoms with van der Waals surface area (Å²) >= 11 is 0. The summed E-state index contributed by atoms with van der Waals surface area (Å²) in [5.41, 5.74) is 7.29. The predicted molar refractivity (Wildman–Crippen MR) is 61.9 cm³/mol. The SMILES string of the molecule is CC(C)COc1cccc(C2(N)CC2)c1. The molecule has 2 N–H and O–H groups in total. The minimum atomic E-state index is -0.0583. The zero-order chi connectivity index (χ0) is 10.9. The average Bonchev–Trinajstić information content (AvgIpc) is 2.95. The Morgan fingerprint density at radius 2 is 2.13 bits per heavy atom. The number of hydrogen-bond donors (Lipinski definition) is 1. The lowest BCUT2D eigenvalue weighted by Gasteiger charge is -2.13. The minimum absolute atomic E-state index is 0.0583. The number of ether oxygens (including phenoxy) is 1. The van der Waals surface area contributed by atoms with E-state index in [0.717, 1.165) is 25.2 Å². The fourth-order valence-electron chi connectivity index (χ4n) is 1.58. The van der Waals surface area contributed by atoms with Gasteiger partial charge in [-0.15, -0.1) is 0 Å². The van der Waals surface area contributed by atoms with E-state index >= 15 is 0 Å². The second-order valence-electron chi connectivity index (χ2n) is 4.89. The molecule has 15 heavy (non-hydrogen) atoms.